The minimum atomic E-state index is -0.798. The Hall–Kier alpha value is -7.30. The van der Waals surface area contributed by atoms with Gasteiger partial charge in [-0.05, 0) is 131 Å². The summed E-state index contributed by atoms with van der Waals surface area (Å²) in [5, 5.41) is 19.5. The Morgan fingerprint density at radius 1 is 0.920 bits per heavy atom. The number of carbonyl (C=O) groups excluding carboxylic acids is 5. The molecule has 3 aromatic heterocycles. The molecule has 5 aromatic rings. The van der Waals surface area contributed by atoms with E-state index in [9.17, 15) is 38.0 Å². The van der Waals surface area contributed by atoms with Gasteiger partial charge in [0.25, 0.3) is 11.8 Å². The van der Waals surface area contributed by atoms with E-state index in [0.717, 1.165) is 86.0 Å². The molecule has 9 rings (SSSR count). The van der Waals surface area contributed by atoms with Gasteiger partial charge in [0, 0.05) is 81.7 Å². The molecule has 7 heterocycles. The van der Waals surface area contributed by atoms with Gasteiger partial charge in [-0.15, -0.1) is 0 Å². The van der Waals surface area contributed by atoms with E-state index in [0.29, 0.717) is 126 Å². The molecule has 0 radical (unpaired) electrons. The lowest BCUT2D eigenvalue weighted by atomic mass is 9.86. The minimum absolute atomic E-state index is 0.130. The number of unbranched alkanes of at least 4 members (excludes halogenated alkanes) is 1. The van der Waals surface area contributed by atoms with Crippen molar-refractivity contribution in [3.05, 3.63) is 113 Å². The van der Waals surface area contributed by atoms with Gasteiger partial charge in [-0.3, -0.25) is 34.2 Å². The lowest BCUT2D eigenvalue weighted by Crippen LogP contribution is -2.62. The predicted molar refractivity (Wildman–Crippen MR) is 277 cm³/mol. The number of rotatable bonds is 19. The zero-order chi connectivity index (χ0) is 52.6. The van der Waals surface area contributed by atoms with Gasteiger partial charge in [0.15, 0.2) is 0 Å². The van der Waals surface area contributed by atoms with E-state index >= 15 is 0 Å². The van der Waals surface area contributed by atoms with Crippen LogP contribution in [-0.2, 0) is 20.9 Å². The van der Waals surface area contributed by atoms with Crippen LogP contribution in [0.15, 0.2) is 73.2 Å². The van der Waals surface area contributed by atoms with E-state index in [1.165, 1.54) is 11.8 Å². The average Bonchev–Trinajstić information content (AvgIpc) is 3.99. The van der Waals surface area contributed by atoms with Gasteiger partial charge in [0.2, 0.25) is 18.2 Å². The van der Waals surface area contributed by atoms with Crippen LogP contribution in [0.25, 0.3) is 16.6 Å². The summed E-state index contributed by atoms with van der Waals surface area (Å²) in [6, 6.07) is 16.2. The first-order valence-corrected chi connectivity index (χ1v) is 26.3. The highest BCUT2D eigenvalue weighted by atomic mass is 19.1. The van der Waals surface area contributed by atoms with E-state index in [-0.39, 0.29) is 17.4 Å². The molecule has 0 saturated carbocycles. The van der Waals surface area contributed by atoms with Gasteiger partial charge < -0.3 is 29.7 Å². The summed E-state index contributed by atoms with van der Waals surface area (Å²) in [5.41, 5.74) is 4.27. The number of nitrogens with one attached hydrogen (secondary N) is 2. The van der Waals surface area contributed by atoms with Gasteiger partial charge >= 0.3 is 0 Å². The van der Waals surface area contributed by atoms with Crippen LogP contribution >= 0.6 is 0 Å². The molecule has 17 nitrogen and oxygen atoms in total. The molecule has 75 heavy (non-hydrogen) atoms. The largest absolute Gasteiger partial charge is 0.492 e. The number of benzene rings is 2. The van der Waals surface area contributed by atoms with Crippen molar-refractivity contribution >= 4 is 41.4 Å². The molecule has 2 aromatic carbocycles. The molecule has 394 valence electrons. The number of nitrogens with zero attached hydrogens (tertiary/aromatic N) is 9. The lowest BCUT2D eigenvalue weighted by molar-refractivity contribution is -0.133. The second-order valence-electron chi connectivity index (χ2n) is 20.2. The molecule has 0 aliphatic carbocycles. The van der Waals surface area contributed by atoms with Crippen molar-refractivity contribution < 1.29 is 37.5 Å². The summed E-state index contributed by atoms with van der Waals surface area (Å²) in [7, 11) is 0. The van der Waals surface area contributed by atoms with Crippen LogP contribution in [0.3, 0.4) is 0 Å². The van der Waals surface area contributed by atoms with Gasteiger partial charge in [-0.25, -0.2) is 18.3 Å². The van der Waals surface area contributed by atoms with Crippen molar-refractivity contribution in [2.24, 2.45) is 0 Å². The van der Waals surface area contributed by atoms with Crippen molar-refractivity contribution in [3.8, 4) is 22.9 Å². The van der Waals surface area contributed by atoms with E-state index < -0.39 is 35.0 Å². The van der Waals surface area contributed by atoms with E-state index in [1.807, 2.05) is 49.1 Å². The summed E-state index contributed by atoms with van der Waals surface area (Å²) in [6.07, 6.45) is 11.8. The number of pyridine rings is 2. The molecule has 4 aliphatic heterocycles. The van der Waals surface area contributed by atoms with Crippen LogP contribution in [-0.4, -0.2) is 148 Å². The molecule has 2 N–H and O–H groups in total. The first kappa shape index (κ1) is 52.6. The van der Waals surface area contributed by atoms with Crippen LogP contribution in [0.5, 0.6) is 5.75 Å². The molecule has 19 heteroatoms. The Kier molecular flexibility index (Phi) is 16.5. The van der Waals surface area contributed by atoms with E-state index in [4.69, 9.17) is 9.72 Å². The third-order valence-corrected chi connectivity index (χ3v) is 15.5. The van der Waals surface area contributed by atoms with Crippen LogP contribution in [0.2, 0.25) is 0 Å². The van der Waals surface area contributed by atoms with Crippen LogP contribution in [0.4, 0.5) is 14.6 Å². The summed E-state index contributed by atoms with van der Waals surface area (Å²) in [5.74, 6) is -0.955. The number of piperidine rings is 2. The smallest absolute Gasteiger partial charge is 0.255 e. The maximum atomic E-state index is 14.9. The van der Waals surface area contributed by atoms with Gasteiger partial charge in [-0.1, -0.05) is 25.5 Å². The van der Waals surface area contributed by atoms with Crippen molar-refractivity contribution in [3.63, 3.8) is 0 Å². The Morgan fingerprint density at radius 2 is 1.71 bits per heavy atom. The van der Waals surface area contributed by atoms with E-state index in [1.54, 1.807) is 21.8 Å². The molecular formula is C56H65F2N11O6. The monoisotopic (exact) mass is 1030 g/mol. The first-order valence-electron chi connectivity index (χ1n) is 26.3. The summed E-state index contributed by atoms with van der Waals surface area (Å²) in [6.45, 7) is 11.3. The highest BCUT2D eigenvalue weighted by Crippen LogP contribution is 2.35. The van der Waals surface area contributed by atoms with E-state index in [2.05, 4.69) is 42.6 Å². The molecule has 3 saturated heterocycles. The predicted octanol–water partition coefficient (Wildman–Crippen LogP) is 6.31. The molecule has 1 atom stereocenters. The van der Waals surface area contributed by atoms with Gasteiger partial charge in [0.1, 0.15) is 35.3 Å². The quantitative estimate of drug-likeness (QED) is 0.0695. The fourth-order valence-corrected chi connectivity index (χ4v) is 11.4. The Bertz CT molecular complexity index is 2940. The standard InChI is InChI=1S/C56H65F2N11O6/c1-3-7-49(54(73)61-37-70)68-34-41-28-39(9-12-45(41)55(68)74)38-15-20-64(21-16-38)19-6-5-8-51(71)67-26-24-65(25-27-67)36-56(63-53(72)47-29-43(57)11-13-48(47)58)17-22-66(23-18-56)50-14-10-40(32-60-50)46-30-44(75-4-2)35-69-52(46)42(31-59)33-62-69/h9-14,28-30,32-33,35,37-38,49H,3-8,15-27,34,36H2,1-2H3,(H,63,72)(H,61,70,73). The number of hydrogen-bond donors (Lipinski definition) is 2. The highest BCUT2D eigenvalue weighted by Gasteiger charge is 2.40. The van der Waals surface area contributed by atoms with Gasteiger partial charge in [-0.2, -0.15) is 10.4 Å². The second-order valence-corrected chi connectivity index (χ2v) is 20.2. The number of halogens is 2. The number of aromatic nitrogens is 3. The Labute approximate surface area is 435 Å². The number of piperazine rings is 1. The molecule has 5 amide bonds. The number of likely N-dealkylation sites (tertiary alicyclic amines) is 1. The topological polar surface area (TPSA) is 189 Å². The second kappa shape index (κ2) is 23.5. The fraction of sp³-hybridized carbons (Fsp3) is 0.464. The Balaban J connectivity index is 0.750. The van der Waals surface area contributed by atoms with Crippen molar-refractivity contribution in [2.75, 3.05) is 77.0 Å². The number of imide groups is 1. The first-order chi connectivity index (χ1) is 36.4. The van der Waals surface area contributed by atoms with Crippen LogP contribution < -0.4 is 20.3 Å². The molecule has 3 fully saturated rings. The zero-order valence-corrected chi connectivity index (χ0v) is 42.7. The lowest BCUT2D eigenvalue weighted by Gasteiger charge is -2.46. The number of carbonyl (C=O) groups is 5. The molecule has 1 unspecified atom stereocenters. The van der Waals surface area contributed by atoms with Crippen LogP contribution in [0.1, 0.15) is 115 Å². The van der Waals surface area contributed by atoms with Gasteiger partial charge in [0.05, 0.1) is 41.2 Å². The Morgan fingerprint density at radius 3 is 2.41 bits per heavy atom. The molecule has 0 bridgehead atoms. The van der Waals surface area contributed by atoms with Crippen molar-refractivity contribution in [1.82, 2.24) is 44.8 Å². The summed E-state index contributed by atoms with van der Waals surface area (Å²) in [4.78, 5) is 79.3. The third kappa shape index (κ3) is 11.8. The summed E-state index contributed by atoms with van der Waals surface area (Å²) >= 11 is 0. The maximum absolute atomic E-state index is 14.9. The number of hydrogen-bond acceptors (Lipinski definition) is 12. The SMILES string of the molecule is CCCC(C(=O)NC=O)N1Cc2cc(C3CCN(CCCCC(=O)N4CCN(CC5(NC(=O)c6cc(F)ccc6F)CCN(c6ccc(-c7cc(OCC)cn8ncc(C#N)c78)cn6)CC5)CC4)CC3)ccc2C1=O. The number of amides is 5. The number of fused-ring (bicyclic) bond motifs is 2. The molecule has 4 aliphatic rings. The number of ether oxygens (including phenoxy) is 1. The summed E-state index contributed by atoms with van der Waals surface area (Å²) < 4.78 is 36.7. The fourth-order valence-electron chi connectivity index (χ4n) is 11.4. The molecular weight excluding hydrogens is 961 g/mol. The number of anilines is 1. The average molecular weight is 1030 g/mol. The van der Waals surface area contributed by atoms with Crippen molar-refractivity contribution in [1.29, 1.82) is 5.26 Å². The third-order valence-electron chi connectivity index (χ3n) is 15.5. The highest BCUT2D eigenvalue weighted by molar-refractivity contribution is 6.02. The number of nitriles is 1. The van der Waals surface area contributed by atoms with Crippen molar-refractivity contribution in [2.45, 2.75) is 95.7 Å². The minimum Gasteiger partial charge on any atom is -0.492 e. The maximum Gasteiger partial charge on any atom is 0.255 e. The van der Waals surface area contributed by atoms with Crippen LogP contribution in [0, 0.1) is 23.0 Å². The normalized spacial score (nSPS) is 17.6. The zero-order valence-electron chi connectivity index (χ0n) is 42.7. The molecule has 0 spiro atoms.